The fourth-order valence-corrected chi connectivity index (χ4v) is 2.62. The summed E-state index contributed by atoms with van der Waals surface area (Å²) >= 11 is 3.43. The van der Waals surface area contributed by atoms with Gasteiger partial charge in [0.15, 0.2) is 11.6 Å². The molecule has 106 valence electrons. The zero-order valence-electron chi connectivity index (χ0n) is 10.9. The Balaban J connectivity index is 2.19. The Labute approximate surface area is 124 Å². The highest BCUT2D eigenvalue weighted by molar-refractivity contribution is 9.10. The third-order valence-corrected chi connectivity index (χ3v) is 3.73. The predicted octanol–water partition coefficient (Wildman–Crippen LogP) is 3.98. The summed E-state index contributed by atoms with van der Waals surface area (Å²) in [5.74, 6) is -0.989. The molecule has 0 heterocycles. The lowest BCUT2D eigenvalue weighted by Gasteiger charge is -2.15. The number of ether oxygens (including phenoxy) is 1. The first-order valence-electron chi connectivity index (χ1n) is 6.04. The van der Waals surface area contributed by atoms with Gasteiger partial charge in [-0.15, -0.1) is 0 Å². The third-order valence-electron chi connectivity index (χ3n) is 3.05. The predicted molar refractivity (Wildman–Crippen MR) is 77.7 cm³/mol. The van der Waals surface area contributed by atoms with E-state index in [1.54, 1.807) is 7.11 Å². The summed E-state index contributed by atoms with van der Waals surface area (Å²) in [6.45, 7) is 0. The van der Waals surface area contributed by atoms with Crippen LogP contribution in [0.15, 0.2) is 40.9 Å². The van der Waals surface area contributed by atoms with Crippen molar-refractivity contribution in [3.05, 3.63) is 63.6 Å². The molecule has 0 fully saturated rings. The molecule has 0 bridgehead atoms. The lowest BCUT2D eigenvalue weighted by atomic mass is 9.99. The molecule has 0 aliphatic rings. The highest BCUT2D eigenvalue weighted by atomic mass is 79.9. The standard InChI is InChI=1S/C15H14BrF2NO/c1-20-10-3-4-11(12(16)8-10)15(19)7-9-2-5-13(17)14(18)6-9/h2-6,8,15H,7,19H2,1H3. The van der Waals surface area contributed by atoms with E-state index < -0.39 is 11.6 Å². The van der Waals surface area contributed by atoms with Crippen molar-refractivity contribution in [1.82, 2.24) is 0 Å². The number of hydrogen-bond acceptors (Lipinski definition) is 2. The lowest BCUT2D eigenvalue weighted by Crippen LogP contribution is -2.14. The molecule has 1 unspecified atom stereocenters. The molecular weight excluding hydrogens is 328 g/mol. The van der Waals surface area contributed by atoms with E-state index in [4.69, 9.17) is 10.5 Å². The molecule has 2 aromatic rings. The minimum absolute atomic E-state index is 0.319. The molecule has 0 amide bonds. The van der Waals surface area contributed by atoms with Crippen LogP contribution in [-0.4, -0.2) is 7.11 Å². The van der Waals surface area contributed by atoms with Gasteiger partial charge in [-0.05, 0) is 41.8 Å². The normalized spacial score (nSPS) is 12.2. The van der Waals surface area contributed by atoms with E-state index in [0.29, 0.717) is 12.0 Å². The summed E-state index contributed by atoms with van der Waals surface area (Å²) in [6.07, 6.45) is 0.419. The SMILES string of the molecule is COc1ccc(C(N)Cc2ccc(F)c(F)c2)c(Br)c1. The Morgan fingerprint density at radius 3 is 2.50 bits per heavy atom. The molecule has 2 nitrogen and oxygen atoms in total. The van der Waals surface area contributed by atoms with E-state index in [9.17, 15) is 8.78 Å². The number of hydrogen-bond donors (Lipinski definition) is 1. The van der Waals surface area contributed by atoms with Crippen LogP contribution >= 0.6 is 15.9 Å². The number of halogens is 3. The molecule has 0 aromatic heterocycles. The van der Waals surface area contributed by atoms with Gasteiger partial charge in [-0.25, -0.2) is 8.78 Å². The number of nitrogens with two attached hydrogens (primary N) is 1. The van der Waals surface area contributed by atoms with Crippen molar-refractivity contribution in [2.75, 3.05) is 7.11 Å². The largest absolute Gasteiger partial charge is 0.497 e. The van der Waals surface area contributed by atoms with Crippen molar-refractivity contribution in [2.24, 2.45) is 5.73 Å². The second kappa shape index (κ2) is 6.33. The summed E-state index contributed by atoms with van der Waals surface area (Å²) < 4.78 is 32.0. The molecule has 0 saturated heterocycles. The molecule has 0 aliphatic heterocycles. The molecule has 2 aromatic carbocycles. The number of methoxy groups -OCH3 is 1. The van der Waals surface area contributed by atoms with Gasteiger partial charge in [0.1, 0.15) is 5.75 Å². The van der Waals surface area contributed by atoms with Crippen molar-refractivity contribution in [3.8, 4) is 5.75 Å². The molecule has 2 N–H and O–H groups in total. The average Bonchev–Trinajstić information content (AvgIpc) is 2.42. The van der Waals surface area contributed by atoms with Crippen molar-refractivity contribution >= 4 is 15.9 Å². The Morgan fingerprint density at radius 1 is 1.15 bits per heavy atom. The van der Waals surface area contributed by atoms with E-state index in [2.05, 4.69) is 15.9 Å². The molecule has 0 aliphatic carbocycles. The van der Waals surface area contributed by atoms with E-state index in [1.165, 1.54) is 12.1 Å². The summed E-state index contributed by atoms with van der Waals surface area (Å²) in [4.78, 5) is 0. The third kappa shape index (κ3) is 3.35. The highest BCUT2D eigenvalue weighted by Crippen LogP contribution is 2.28. The van der Waals surface area contributed by atoms with Gasteiger partial charge >= 0.3 is 0 Å². The summed E-state index contributed by atoms with van der Waals surface area (Å²) in [5, 5.41) is 0. The van der Waals surface area contributed by atoms with Gasteiger partial charge in [0, 0.05) is 10.5 Å². The topological polar surface area (TPSA) is 35.2 Å². The van der Waals surface area contributed by atoms with Crippen molar-refractivity contribution < 1.29 is 13.5 Å². The van der Waals surface area contributed by atoms with E-state index in [0.717, 1.165) is 21.9 Å². The molecule has 1 atom stereocenters. The maximum absolute atomic E-state index is 13.2. The van der Waals surface area contributed by atoms with E-state index in [1.807, 2.05) is 18.2 Å². The van der Waals surface area contributed by atoms with Crippen LogP contribution < -0.4 is 10.5 Å². The highest BCUT2D eigenvalue weighted by Gasteiger charge is 2.13. The van der Waals surface area contributed by atoms with Gasteiger partial charge in [0.05, 0.1) is 7.11 Å². The van der Waals surface area contributed by atoms with Crippen LogP contribution in [0.3, 0.4) is 0 Å². The summed E-state index contributed by atoms with van der Waals surface area (Å²) in [5.41, 5.74) is 7.66. The zero-order chi connectivity index (χ0) is 14.7. The van der Waals surface area contributed by atoms with Gasteiger partial charge < -0.3 is 10.5 Å². The molecular formula is C15H14BrF2NO. The van der Waals surface area contributed by atoms with Crippen LogP contribution in [0.4, 0.5) is 8.78 Å². The Hall–Kier alpha value is -1.46. The quantitative estimate of drug-likeness (QED) is 0.912. The molecule has 0 saturated carbocycles. The van der Waals surface area contributed by atoms with Crippen molar-refractivity contribution in [3.63, 3.8) is 0 Å². The maximum atomic E-state index is 13.2. The monoisotopic (exact) mass is 341 g/mol. The number of rotatable bonds is 4. The fourth-order valence-electron chi connectivity index (χ4n) is 1.97. The van der Waals surface area contributed by atoms with Gasteiger partial charge in [0.25, 0.3) is 0 Å². The van der Waals surface area contributed by atoms with Gasteiger partial charge in [0.2, 0.25) is 0 Å². The van der Waals surface area contributed by atoms with Crippen molar-refractivity contribution in [1.29, 1.82) is 0 Å². The Kier molecular flexibility index (Phi) is 4.73. The van der Waals surface area contributed by atoms with E-state index in [-0.39, 0.29) is 6.04 Å². The fraction of sp³-hybridized carbons (Fsp3) is 0.200. The minimum Gasteiger partial charge on any atom is -0.497 e. The second-order valence-corrected chi connectivity index (χ2v) is 5.30. The Morgan fingerprint density at radius 2 is 1.90 bits per heavy atom. The molecule has 0 spiro atoms. The number of benzene rings is 2. The van der Waals surface area contributed by atoms with Crippen molar-refractivity contribution in [2.45, 2.75) is 12.5 Å². The van der Waals surface area contributed by atoms with Crippen LogP contribution in [0, 0.1) is 11.6 Å². The first-order valence-corrected chi connectivity index (χ1v) is 6.83. The van der Waals surface area contributed by atoms with Crippen LogP contribution in [0.25, 0.3) is 0 Å². The Bertz CT molecular complexity index is 619. The van der Waals surface area contributed by atoms with Crippen LogP contribution in [0.5, 0.6) is 5.75 Å². The van der Waals surface area contributed by atoms with Crippen LogP contribution in [0.1, 0.15) is 17.2 Å². The van der Waals surface area contributed by atoms with Crippen LogP contribution in [-0.2, 0) is 6.42 Å². The van der Waals surface area contributed by atoms with E-state index >= 15 is 0 Å². The smallest absolute Gasteiger partial charge is 0.159 e. The zero-order valence-corrected chi connectivity index (χ0v) is 12.5. The first-order chi connectivity index (χ1) is 9.51. The average molecular weight is 342 g/mol. The first kappa shape index (κ1) is 14.9. The molecule has 2 rings (SSSR count). The summed E-state index contributed by atoms with van der Waals surface area (Å²) in [6, 6.07) is 8.99. The maximum Gasteiger partial charge on any atom is 0.159 e. The molecule has 20 heavy (non-hydrogen) atoms. The van der Waals surface area contributed by atoms with Gasteiger partial charge in [-0.1, -0.05) is 28.1 Å². The van der Waals surface area contributed by atoms with Crippen LogP contribution in [0.2, 0.25) is 0 Å². The molecule has 5 heteroatoms. The minimum atomic E-state index is -0.858. The summed E-state index contributed by atoms with van der Waals surface area (Å²) in [7, 11) is 1.59. The molecule has 0 radical (unpaired) electrons. The van der Waals surface area contributed by atoms with Gasteiger partial charge in [-0.2, -0.15) is 0 Å². The second-order valence-electron chi connectivity index (χ2n) is 4.45. The van der Waals surface area contributed by atoms with Gasteiger partial charge in [-0.3, -0.25) is 0 Å². The lowest BCUT2D eigenvalue weighted by molar-refractivity contribution is 0.414.